The van der Waals surface area contributed by atoms with Crippen LogP contribution in [0, 0.1) is 0 Å². The van der Waals surface area contributed by atoms with Gasteiger partial charge in [0, 0.05) is 14.1 Å². The summed E-state index contributed by atoms with van der Waals surface area (Å²) in [5.74, 6) is -2.07. The highest BCUT2D eigenvalue weighted by Crippen LogP contribution is 2.06. The molecule has 0 spiro atoms. The fourth-order valence-electron chi connectivity index (χ4n) is 1.92. The average molecular weight is 378 g/mol. The largest absolute Gasteiger partial charge is 0.480 e. The summed E-state index contributed by atoms with van der Waals surface area (Å²) >= 11 is 0. The number of hydrogen-bond donors (Lipinski definition) is 2. The SMILES string of the molecule is CN(C)S(=O)(=O)CCCS(=O)(=O)N[C@H](Cc1ccccc1)C(=O)O. The van der Waals surface area contributed by atoms with E-state index in [9.17, 15) is 26.7 Å². The summed E-state index contributed by atoms with van der Waals surface area (Å²) < 4.78 is 50.4. The Bertz CT molecular complexity index is 745. The van der Waals surface area contributed by atoms with Gasteiger partial charge in [0.1, 0.15) is 6.04 Å². The van der Waals surface area contributed by atoms with E-state index in [2.05, 4.69) is 4.72 Å². The lowest BCUT2D eigenvalue weighted by Gasteiger charge is -2.15. The first-order valence-corrected chi connectivity index (χ1v) is 10.5. The smallest absolute Gasteiger partial charge is 0.322 e. The maximum atomic E-state index is 12.0. The van der Waals surface area contributed by atoms with Gasteiger partial charge in [-0.3, -0.25) is 4.79 Å². The van der Waals surface area contributed by atoms with Crippen LogP contribution in [0.4, 0.5) is 0 Å². The Kier molecular flexibility index (Phi) is 7.33. The molecule has 0 aliphatic rings. The van der Waals surface area contributed by atoms with Crippen LogP contribution in [-0.2, 0) is 31.3 Å². The number of aliphatic carboxylic acids is 1. The number of carbonyl (C=O) groups is 1. The van der Waals surface area contributed by atoms with E-state index in [0.717, 1.165) is 4.31 Å². The van der Waals surface area contributed by atoms with Crippen molar-refractivity contribution >= 4 is 26.0 Å². The standard InChI is InChI=1S/C14H22N2O6S2/c1-16(2)24(21,22)10-6-9-23(19,20)15-13(14(17)18)11-12-7-4-3-5-8-12/h3-5,7-8,13,15H,6,9-11H2,1-2H3,(H,17,18)/t13-/m1/s1. The second-order valence-electron chi connectivity index (χ2n) is 5.47. The number of nitrogens with one attached hydrogen (secondary N) is 1. The maximum Gasteiger partial charge on any atom is 0.322 e. The molecule has 0 heterocycles. The highest BCUT2D eigenvalue weighted by atomic mass is 32.2. The molecule has 0 amide bonds. The van der Waals surface area contributed by atoms with Crippen molar-refractivity contribution < 1.29 is 26.7 Å². The van der Waals surface area contributed by atoms with Crippen molar-refractivity contribution in [3.8, 4) is 0 Å². The number of hydrogen-bond acceptors (Lipinski definition) is 5. The van der Waals surface area contributed by atoms with Crippen molar-refractivity contribution in [3.05, 3.63) is 35.9 Å². The molecule has 1 aromatic carbocycles. The molecule has 2 N–H and O–H groups in total. The van der Waals surface area contributed by atoms with Crippen molar-refractivity contribution in [1.29, 1.82) is 0 Å². The lowest BCUT2D eigenvalue weighted by Crippen LogP contribution is -2.43. The summed E-state index contributed by atoms with van der Waals surface area (Å²) in [6, 6.07) is 7.34. The Hall–Kier alpha value is -1.49. The van der Waals surface area contributed by atoms with Crippen molar-refractivity contribution in [3.63, 3.8) is 0 Å². The zero-order valence-electron chi connectivity index (χ0n) is 13.5. The number of rotatable bonds is 10. The van der Waals surface area contributed by atoms with Gasteiger partial charge in [0.2, 0.25) is 20.0 Å². The molecule has 10 heteroatoms. The van der Waals surface area contributed by atoms with Crippen LogP contribution >= 0.6 is 0 Å². The van der Waals surface area contributed by atoms with Crippen LogP contribution in [0.5, 0.6) is 0 Å². The van der Waals surface area contributed by atoms with E-state index in [0.29, 0.717) is 5.56 Å². The lowest BCUT2D eigenvalue weighted by molar-refractivity contribution is -0.138. The van der Waals surface area contributed by atoms with Gasteiger partial charge < -0.3 is 5.11 Å². The molecule has 0 radical (unpaired) electrons. The molecule has 0 saturated carbocycles. The average Bonchev–Trinajstić information content (AvgIpc) is 2.46. The topological polar surface area (TPSA) is 121 Å². The molecular weight excluding hydrogens is 356 g/mol. The van der Waals surface area contributed by atoms with Crippen LogP contribution in [0.3, 0.4) is 0 Å². The zero-order valence-corrected chi connectivity index (χ0v) is 15.2. The van der Waals surface area contributed by atoms with E-state index in [1.165, 1.54) is 14.1 Å². The molecule has 0 unspecified atom stereocenters. The minimum atomic E-state index is -3.91. The Morgan fingerprint density at radius 1 is 1.12 bits per heavy atom. The molecule has 0 aliphatic carbocycles. The molecule has 0 aromatic heterocycles. The normalized spacial score (nSPS) is 13.8. The van der Waals surface area contributed by atoms with Gasteiger partial charge in [0.25, 0.3) is 0 Å². The van der Waals surface area contributed by atoms with Crippen LogP contribution in [-0.4, -0.2) is 63.9 Å². The van der Waals surface area contributed by atoms with Crippen molar-refractivity contribution in [2.24, 2.45) is 0 Å². The van der Waals surface area contributed by atoms with Crippen molar-refractivity contribution in [1.82, 2.24) is 9.03 Å². The second-order valence-corrected chi connectivity index (χ2v) is 9.65. The van der Waals surface area contributed by atoms with Gasteiger partial charge in [0.15, 0.2) is 0 Å². The molecule has 8 nitrogen and oxygen atoms in total. The monoisotopic (exact) mass is 378 g/mol. The molecule has 1 aromatic rings. The molecular formula is C14H22N2O6S2. The minimum absolute atomic E-state index is 0.00536. The summed E-state index contributed by atoms with van der Waals surface area (Å²) in [4.78, 5) is 11.3. The third kappa shape index (κ3) is 6.95. The Balaban J connectivity index is 2.67. The lowest BCUT2D eigenvalue weighted by atomic mass is 10.1. The molecule has 0 saturated heterocycles. The van der Waals surface area contributed by atoms with Crippen LogP contribution < -0.4 is 4.72 Å². The fraction of sp³-hybridized carbons (Fsp3) is 0.500. The van der Waals surface area contributed by atoms with Crippen LogP contribution in [0.2, 0.25) is 0 Å². The van der Waals surface area contributed by atoms with Crippen LogP contribution in [0.1, 0.15) is 12.0 Å². The summed E-state index contributed by atoms with van der Waals surface area (Å²) in [5.41, 5.74) is 0.683. The highest BCUT2D eigenvalue weighted by molar-refractivity contribution is 7.90. The molecule has 0 bridgehead atoms. The highest BCUT2D eigenvalue weighted by Gasteiger charge is 2.25. The van der Waals surface area contributed by atoms with Crippen LogP contribution in [0.15, 0.2) is 30.3 Å². The van der Waals surface area contributed by atoms with Crippen molar-refractivity contribution in [2.75, 3.05) is 25.6 Å². The number of sulfonamides is 2. The van der Waals surface area contributed by atoms with Gasteiger partial charge in [-0.25, -0.2) is 25.9 Å². The summed E-state index contributed by atoms with van der Waals surface area (Å²) in [5, 5.41) is 9.20. The van der Waals surface area contributed by atoms with E-state index in [4.69, 9.17) is 0 Å². The molecule has 24 heavy (non-hydrogen) atoms. The molecule has 0 fully saturated rings. The summed E-state index contributed by atoms with van der Waals surface area (Å²) in [6.07, 6.45) is -0.112. The fourth-order valence-corrected chi connectivity index (χ4v) is 4.24. The Morgan fingerprint density at radius 2 is 1.71 bits per heavy atom. The number of benzene rings is 1. The van der Waals surface area contributed by atoms with Crippen molar-refractivity contribution in [2.45, 2.75) is 18.9 Å². The second kappa shape index (κ2) is 8.56. The minimum Gasteiger partial charge on any atom is -0.480 e. The predicted molar refractivity (Wildman–Crippen MR) is 90.6 cm³/mol. The van der Waals surface area contributed by atoms with Gasteiger partial charge in [-0.2, -0.15) is 0 Å². The van der Waals surface area contributed by atoms with Gasteiger partial charge in [0.05, 0.1) is 11.5 Å². The number of carboxylic acid groups (broad SMARTS) is 1. The van der Waals surface area contributed by atoms with Gasteiger partial charge in [-0.1, -0.05) is 30.3 Å². The van der Waals surface area contributed by atoms with Crippen LogP contribution in [0.25, 0.3) is 0 Å². The third-order valence-electron chi connectivity index (χ3n) is 3.27. The zero-order chi connectivity index (χ0) is 18.4. The van der Waals surface area contributed by atoms with Gasteiger partial charge >= 0.3 is 5.97 Å². The first-order chi connectivity index (χ1) is 11.0. The van der Waals surface area contributed by atoms with E-state index in [1.54, 1.807) is 30.3 Å². The van der Waals surface area contributed by atoms with E-state index >= 15 is 0 Å². The number of carboxylic acids is 1. The van der Waals surface area contributed by atoms with E-state index in [-0.39, 0.29) is 18.6 Å². The van der Waals surface area contributed by atoms with E-state index in [1.807, 2.05) is 0 Å². The summed E-state index contributed by atoms with van der Waals surface area (Å²) in [6.45, 7) is 0. The third-order valence-corrected chi connectivity index (χ3v) is 6.66. The van der Waals surface area contributed by atoms with Gasteiger partial charge in [-0.05, 0) is 18.4 Å². The maximum absolute atomic E-state index is 12.0. The quantitative estimate of drug-likeness (QED) is 0.586. The first-order valence-electron chi connectivity index (χ1n) is 7.20. The summed E-state index contributed by atoms with van der Waals surface area (Å²) in [7, 11) is -4.67. The Morgan fingerprint density at radius 3 is 2.21 bits per heavy atom. The van der Waals surface area contributed by atoms with E-state index < -0.39 is 37.8 Å². The molecule has 1 rings (SSSR count). The van der Waals surface area contributed by atoms with Gasteiger partial charge in [-0.15, -0.1) is 0 Å². The number of nitrogens with zero attached hydrogens (tertiary/aromatic N) is 1. The molecule has 1 atom stereocenters. The first kappa shape index (κ1) is 20.6. The Labute approximate surface area is 142 Å². The molecule has 0 aliphatic heterocycles. The predicted octanol–water partition coefficient (Wildman–Crippen LogP) is -0.117. The molecule has 136 valence electrons.